The van der Waals surface area contributed by atoms with Crippen molar-refractivity contribution in [2.75, 3.05) is 7.05 Å². The zero-order valence-electron chi connectivity index (χ0n) is 10.6. The highest BCUT2D eigenvalue weighted by Crippen LogP contribution is 2.28. The minimum atomic E-state index is 0.485. The smallest absolute Gasteiger partial charge is 0.138 e. The van der Waals surface area contributed by atoms with Gasteiger partial charge in [-0.05, 0) is 36.4 Å². The van der Waals surface area contributed by atoms with Gasteiger partial charge in [-0.3, -0.25) is 0 Å². The fourth-order valence-electron chi connectivity index (χ4n) is 1.81. The van der Waals surface area contributed by atoms with E-state index in [9.17, 15) is 0 Å². The second-order valence-electron chi connectivity index (χ2n) is 4.16. The lowest BCUT2D eigenvalue weighted by molar-refractivity contribution is 0.305. The van der Waals surface area contributed by atoms with Crippen LogP contribution in [0, 0.1) is 0 Å². The summed E-state index contributed by atoms with van der Waals surface area (Å²) in [6.07, 6.45) is 0. The van der Waals surface area contributed by atoms with Crippen molar-refractivity contribution >= 4 is 23.2 Å². The number of halogens is 2. The molecular formula is C15H15Cl2NO. The molecule has 4 heteroatoms. The second-order valence-corrected chi connectivity index (χ2v) is 5.01. The lowest BCUT2D eigenvalue weighted by Gasteiger charge is -2.12. The number of nitrogens with one attached hydrogen (secondary N) is 1. The van der Waals surface area contributed by atoms with Gasteiger partial charge in [0.25, 0.3) is 0 Å². The van der Waals surface area contributed by atoms with E-state index < -0.39 is 0 Å². The molecule has 2 nitrogen and oxygen atoms in total. The zero-order chi connectivity index (χ0) is 13.7. The van der Waals surface area contributed by atoms with Crippen LogP contribution in [0.25, 0.3) is 0 Å². The van der Waals surface area contributed by atoms with Crippen LogP contribution in [0.5, 0.6) is 5.75 Å². The van der Waals surface area contributed by atoms with Gasteiger partial charge in [0, 0.05) is 11.6 Å². The summed E-state index contributed by atoms with van der Waals surface area (Å²) in [7, 11) is 1.92. The van der Waals surface area contributed by atoms with Crippen molar-refractivity contribution in [2.24, 2.45) is 0 Å². The maximum atomic E-state index is 6.07. The van der Waals surface area contributed by atoms with E-state index in [4.69, 9.17) is 27.9 Å². The Kier molecular flexibility index (Phi) is 5.08. The van der Waals surface area contributed by atoms with Gasteiger partial charge in [0.1, 0.15) is 12.4 Å². The molecule has 0 aliphatic heterocycles. The van der Waals surface area contributed by atoms with Crippen molar-refractivity contribution in [1.29, 1.82) is 0 Å². The van der Waals surface area contributed by atoms with E-state index in [1.165, 1.54) is 5.56 Å². The molecule has 0 unspecified atom stereocenters. The molecule has 100 valence electrons. The van der Waals surface area contributed by atoms with Crippen molar-refractivity contribution in [3.8, 4) is 5.75 Å². The Labute approximate surface area is 123 Å². The van der Waals surface area contributed by atoms with Crippen molar-refractivity contribution in [2.45, 2.75) is 13.2 Å². The first-order valence-corrected chi connectivity index (χ1v) is 6.75. The van der Waals surface area contributed by atoms with Crippen LogP contribution in [0.4, 0.5) is 0 Å². The molecule has 0 aromatic heterocycles. The molecule has 0 saturated heterocycles. The molecule has 0 aliphatic carbocycles. The summed E-state index contributed by atoms with van der Waals surface area (Å²) in [6.45, 7) is 1.30. The molecule has 0 bridgehead atoms. The third-order valence-corrected chi connectivity index (χ3v) is 3.29. The van der Waals surface area contributed by atoms with Crippen LogP contribution in [0.2, 0.25) is 10.0 Å². The Morgan fingerprint density at radius 2 is 1.79 bits per heavy atom. The molecule has 0 fully saturated rings. The first-order valence-electron chi connectivity index (χ1n) is 6.00. The highest BCUT2D eigenvalue weighted by atomic mass is 35.5. The molecule has 2 rings (SSSR count). The summed E-state index contributed by atoms with van der Waals surface area (Å²) in [4.78, 5) is 0. The minimum Gasteiger partial charge on any atom is -0.487 e. The molecule has 2 aromatic rings. The van der Waals surface area contributed by atoms with E-state index in [1.54, 1.807) is 18.2 Å². The predicted octanol–water partition coefficient (Wildman–Crippen LogP) is 4.29. The van der Waals surface area contributed by atoms with Crippen LogP contribution >= 0.6 is 23.2 Å². The van der Waals surface area contributed by atoms with Crippen molar-refractivity contribution < 1.29 is 4.74 Å². The summed E-state index contributed by atoms with van der Waals surface area (Å²) in [5, 5.41) is 4.27. The largest absolute Gasteiger partial charge is 0.487 e. The Bertz CT molecular complexity index is 558. The standard InChI is InChI=1S/C15H15Cl2NO/c1-18-9-11-4-2-3-5-12(11)10-19-15-7-6-13(16)8-14(15)17/h2-8,18H,9-10H2,1H3. The van der Waals surface area contributed by atoms with Gasteiger partial charge in [-0.15, -0.1) is 0 Å². The van der Waals surface area contributed by atoms with Gasteiger partial charge in [-0.2, -0.15) is 0 Å². The van der Waals surface area contributed by atoms with Crippen LogP contribution in [0.3, 0.4) is 0 Å². The predicted molar refractivity (Wildman–Crippen MR) is 80.0 cm³/mol. The lowest BCUT2D eigenvalue weighted by atomic mass is 10.1. The van der Waals surface area contributed by atoms with Gasteiger partial charge < -0.3 is 10.1 Å². The van der Waals surface area contributed by atoms with Gasteiger partial charge in [-0.25, -0.2) is 0 Å². The first-order chi connectivity index (χ1) is 9.20. The third-order valence-electron chi connectivity index (χ3n) is 2.76. The summed E-state index contributed by atoms with van der Waals surface area (Å²) in [6, 6.07) is 13.4. The van der Waals surface area contributed by atoms with E-state index in [0.717, 1.165) is 12.1 Å². The average Bonchev–Trinajstić information content (AvgIpc) is 2.40. The number of benzene rings is 2. The molecule has 0 saturated carbocycles. The lowest BCUT2D eigenvalue weighted by Crippen LogP contribution is -2.09. The number of hydrogen-bond acceptors (Lipinski definition) is 2. The molecule has 0 atom stereocenters. The van der Waals surface area contributed by atoms with E-state index in [2.05, 4.69) is 17.4 Å². The van der Waals surface area contributed by atoms with Crippen molar-refractivity contribution in [3.05, 3.63) is 63.6 Å². The molecule has 0 spiro atoms. The minimum absolute atomic E-state index is 0.485. The zero-order valence-corrected chi connectivity index (χ0v) is 12.1. The fraction of sp³-hybridized carbons (Fsp3) is 0.200. The highest BCUT2D eigenvalue weighted by molar-refractivity contribution is 6.35. The van der Waals surface area contributed by atoms with Crippen LogP contribution in [-0.2, 0) is 13.2 Å². The summed E-state index contributed by atoms with van der Waals surface area (Å²) in [5.74, 6) is 0.644. The van der Waals surface area contributed by atoms with Gasteiger partial charge >= 0.3 is 0 Å². The summed E-state index contributed by atoms with van der Waals surface area (Å²) in [5.41, 5.74) is 2.36. The Balaban J connectivity index is 2.10. The topological polar surface area (TPSA) is 21.3 Å². The van der Waals surface area contributed by atoms with Crippen LogP contribution in [0.15, 0.2) is 42.5 Å². The van der Waals surface area contributed by atoms with E-state index in [-0.39, 0.29) is 0 Å². The molecule has 2 aromatic carbocycles. The quantitative estimate of drug-likeness (QED) is 0.888. The monoisotopic (exact) mass is 295 g/mol. The van der Waals surface area contributed by atoms with Gasteiger partial charge in [0.15, 0.2) is 0 Å². The molecule has 0 amide bonds. The summed E-state index contributed by atoms with van der Waals surface area (Å²) >= 11 is 11.9. The fourth-order valence-corrected chi connectivity index (χ4v) is 2.27. The second kappa shape index (κ2) is 6.80. The normalized spacial score (nSPS) is 10.5. The van der Waals surface area contributed by atoms with Crippen LogP contribution < -0.4 is 10.1 Å². The number of ether oxygens (including phenoxy) is 1. The van der Waals surface area contributed by atoms with Gasteiger partial charge in [0.05, 0.1) is 5.02 Å². The first kappa shape index (κ1) is 14.2. The third kappa shape index (κ3) is 3.87. The van der Waals surface area contributed by atoms with Crippen molar-refractivity contribution in [1.82, 2.24) is 5.32 Å². The van der Waals surface area contributed by atoms with Crippen LogP contribution in [-0.4, -0.2) is 7.05 Å². The number of rotatable bonds is 5. The van der Waals surface area contributed by atoms with Gasteiger partial charge in [-0.1, -0.05) is 47.5 Å². The molecular weight excluding hydrogens is 281 g/mol. The van der Waals surface area contributed by atoms with E-state index >= 15 is 0 Å². The Morgan fingerprint density at radius 3 is 2.47 bits per heavy atom. The van der Waals surface area contributed by atoms with E-state index in [0.29, 0.717) is 22.4 Å². The van der Waals surface area contributed by atoms with Gasteiger partial charge in [0.2, 0.25) is 0 Å². The average molecular weight is 296 g/mol. The van der Waals surface area contributed by atoms with Crippen LogP contribution in [0.1, 0.15) is 11.1 Å². The molecule has 1 N–H and O–H groups in total. The Morgan fingerprint density at radius 1 is 1.05 bits per heavy atom. The molecule has 19 heavy (non-hydrogen) atoms. The SMILES string of the molecule is CNCc1ccccc1COc1ccc(Cl)cc1Cl. The molecule has 0 heterocycles. The Hall–Kier alpha value is -1.22. The highest BCUT2D eigenvalue weighted by Gasteiger charge is 2.05. The molecule has 0 radical (unpaired) electrons. The van der Waals surface area contributed by atoms with Crippen molar-refractivity contribution in [3.63, 3.8) is 0 Å². The molecule has 0 aliphatic rings. The maximum absolute atomic E-state index is 6.07. The number of hydrogen-bond donors (Lipinski definition) is 1. The maximum Gasteiger partial charge on any atom is 0.138 e. The van der Waals surface area contributed by atoms with E-state index in [1.807, 2.05) is 19.2 Å². The summed E-state index contributed by atoms with van der Waals surface area (Å²) < 4.78 is 5.75.